The summed E-state index contributed by atoms with van der Waals surface area (Å²) in [7, 11) is 0. The zero-order valence-electron chi connectivity index (χ0n) is 9.80. The van der Waals surface area contributed by atoms with Gasteiger partial charge in [-0.15, -0.1) is 34.0 Å². The third-order valence-electron chi connectivity index (χ3n) is 3.00. The maximum absolute atomic E-state index is 6.06. The Morgan fingerprint density at radius 2 is 1.36 bits per heavy atom. The molecule has 90 valence electrons. The van der Waals surface area contributed by atoms with Gasteiger partial charge in [0.05, 0.1) is 0 Å². The quantitative estimate of drug-likeness (QED) is 0.760. The van der Waals surface area contributed by atoms with Crippen molar-refractivity contribution in [1.29, 1.82) is 0 Å². The summed E-state index contributed by atoms with van der Waals surface area (Å²) < 4.78 is 0. The summed E-state index contributed by atoms with van der Waals surface area (Å²) in [6, 6.07) is 0. The lowest BCUT2D eigenvalue weighted by molar-refractivity contribution is 0.181. The molecule has 0 rings (SSSR count). The van der Waals surface area contributed by atoms with Gasteiger partial charge in [0.1, 0.15) is 0 Å². The first-order valence-corrected chi connectivity index (χ1v) is 4.80. The van der Waals surface area contributed by atoms with E-state index in [0.717, 1.165) is 19.4 Å². The van der Waals surface area contributed by atoms with Crippen molar-refractivity contribution in [3.63, 3.8) is 0 Å². The van der Waals surface area contributed by atoms with E-state index in [9.17, 15) is 0 Å². The molecule has 0 fully saturated rings. The van der Waals surface area contributed by atoms with Crippen LogP contribution < -0.4 is 11.5 Å². The first-order chi connectivity index (χ1) is 5.31. The predicted octanol–water partition coefficient (Wildman–Crippen LogP) is 3.03. The Bertz CT molecular complexity index is 131. The molecule has 14 heavy (non-hydrogen) atoms. The molecule has 0 aromatic rings. The zero-order valence-corrected chi connectivity index (χ0v) is 13.2. The molecule has 0 heterocycles. The Balaban J connectivity index is -0.000000605. The topological polar surface area (TPSA) is 52.0 Å². The predicted molar refractivity (Wildman–Crippen MR) is 75.6 cm³/mol. The van der Waals surface area contributed by atoms with Crippen LogP contribution in [0.1, 0.15) is 47.0 Å². The fraction of sp³-hybridized carbons (Fsp3) is 1.00. The average molecular weight is 334 g/mol. The number of rotatable bonds is 5. The van der Waals surface area contributed by atoms with Crippen molar-refractivity contribution in [2.24, 2.45) is 16.9 Å². The van der Waals surface area contributed by atoms with Crippen LogP contribution in [0.25, 0.3) is 0 Å². The van der Waals surface area contributed by atoms with Crippen molar-refractivity contribution in [1.82, 2.24) is 0 Å². The highest BCUT2D eigenvalue weighted by atomic mass is 79.9. The van der Waals surface area contributed by atoms with Crippen LogP contribution in [-0.2, 0) is 0 Å². The van der Waals surface area contributed by atoms with Crippen LogP contribution in [0.3, 0.4) is 0 Å². The third kappa shape index (κ3) is 7.21. The molecule has 0 amide bonds. The third-order valence-corrected chi connectivity index (χ3v) is 3.00. The summed E-state index contributed by atoms with van der Waals surface area (Å²) in [5.41, 5.74) is 11.6. The molecule has 2 nitrogen and oxygen atoms in total. The van der Waals surface area contributed by atoms with Crippen LogP contribution in [0.4, 0.5) is 0 Å². The Morgan fingerprint density at radius 3 is 1.64 bits per heavy atom. The molecule has 0 aromatic carbocycles. The van der Waals surface area contributed by atoms with Crippen LogP contribution in [0.15, 0.2) is 0 Å². The Morgan fingerprint density at radius 1 is 0.929 bits per heavy atom. The minimum atomic E-state index is -0.0956. The minimum Gasteiger partial charge on any atom is -0.330 e. The molecule has 0 aliphatic carbocycles. The molecular formula is C10H26Br2N2. The van der Waals surface area contributed by atoms with Gasteiger partial charge in [-0.05, 0) is 38.6 Å². The highest BCUT2D eigenvalue weighted by Crippen LogP contribution is 2.33. The van der Waals surface area contributed by atoms with E-state index in [1.807, 2.05) is 0 Å². The first kappa shape index (κ1) is 20.3. The molecule has 4 heteroatoms. The largest absolute Gasteiger partial charge is 0.330 e. The zero-order chi connectivity index (χ0) is 9.83. The van der Waals surface area contributed by atoms with Gasteiger partial charge in [0, 0.05) is 5.54 Å². The number of hydrogen-bond donors (Lipinski definition) is 2. The normalized spacial score (nSPS) is 11.6. The standard InChI is InChI=1S/C10H24N2.2BrH/c1-9(2,10(3,4)12)7-5-6-8-11;;/h5-8,11-12H2,1-4H3;2*1H. The highest BCUT2D eigenvalue weighted by Gasteiger charge is 2.32. The van der Waals surface area contributed by atoms with Gasteiger partial charge >= 0.3 is 0 Å². The number of nitrogens with two attached hydrogens (primary N) is 2. The van der Waals surface area contributed by atoms with E-state index in [1.165, 1.54) is 6.42 Å². The van der Waals surface area contributed by atoms with Crippen molar-refractivity contribution in [3.05, 3.63) is 0 Å². The Kier molecular flexibility index (Phi) is 11.7. The molecule has 0 atom stereocenters. The SMILES string of the molecule is Br.Br.CC(C)(N)C(C)(C)CCCCN. The molecule has 0 unspecified atom stereocenters. The van der Waals surface area contributed by atoms with Gasteiger partial charge in [0.25, 0.3) is 0 Å². The van der Waals surface area contributed by atoms with E-state index in [-0.39, 0.29) is 44.9 Å². The highest BCUT2D eigenvalue weighted by molar-refractivity contribution is 8.93. The van der Waals surface area contributed by atoms with E-state index in [0.29, 0.717) is 0 Å². The van der Waals surface area contributed by atoms with E-state index in [4.69, 9.17) is 11.5 Å². The molecule has 0 aliphatic heterocycles. The van der Waals surface area contributed by atoms with Crippen molar-refractivity contribution in [2.45, 2.75) is 52.5 Å². The molecule has 0 aromatic heterocycles. The summed E-state index contributed by atoms with van der Waals surface area (Å²) >= 11 is 0. The second-order valence-electron chi connectivity index (χ2n) is 4.85. The smallest absolute Gasteiger partial charge is 0.0148 e. The lowest BCUT2D eigenvalue weighted by atomic mass is 9.72. The maximum atomic E-state index is 6.06. The molecule has 0 spiro atoms. The van der Waals surface area contributed by atoms with Crippen molar-refractivity contribution in [3.8, 4) is 0 Å². The minimum absolute atomic E-state index is 0. The molecule has 0 saturated carbocycles. The van der Waals surface area contributed by atoms with Gasteiger partial charge in [0.15, 0.2) is 0 Å². The Labute approximate surface area is 110 Å². The number of unbranched alkanes of at least 4 members (excludes halogenated alkanes) is 1. The molecular weight excluding hydrogens is 308 g/mol. The second-order valence-corrected chi connectivity index (χ2v) is 4.85. The summed E-state index contributed by atoms with van der Waals surface area (Å²) in [5, 5.41) is 0. The molecule has 0 aliphatic rings. The van der Waals surface area contributed by atoms with Crippen LogP contribution in [-0.4, -0.2) is 12.1 Å². The number of halogens is 2. The van der Waals surface area contributed by atoms with Gasteiger partial charge in [0.2, 0.25) is 0 Å². The fourth-order valence-corrected chi connectivity index (χ4v) is 1.03. The first-order valence-electron chi connectivity index (χ1n) is 4.80. The van der Waals surface area contributed by atoms with Crippen LogP contribution in [0.5, 0.6) is 0 Å². The fourth-order valence-electron chi connectivity index (χ4n) is 1.03. The van der Waals surface area contributed by atoms with Crippen molar-refractivity contribution in [2.75, 3.05) is 6.54 Å². The molecule has 0 bridgehead atoms. The van der Waals surface area contributed by atoms with Crippen LogP contribution in [0, 0.1) is 5.41 Å². The summed E-state index contributed by atoms with van der Waals surface area (Å²) in [6.07, 6.45) is 3.46. The summed E-state index contributed by atoms with van der Waals surface area (Å²) in [4.78, 5) is 0. The summed E-state index contributed by atoms with van der Waals surface area (Å²) in [6.45, 7) is 9.43. The van der Waals surface area contributed by atoms with Gasteiger partial charge in [-0.3, -0.25) is 0 Å². The van der Waals surface area contributed by atoms with E-state index in [2.05, 4.69) is 27.7 Å². The summed E-state index contributed by atoms with van der Waals surface area (Å²) in [5.74, 6) is 0. The van der Waals surface area contributed by atoms with Crippen molar-refractivity contribution >= 4 is 34.0 Å². The van der Waals surface area contributed by atoms with Crippen LogP contribution >= 0.6 is 34.0 Å². The maximum Gasteiger partial charge on any atom is 0.0148 e. The Hall–Kier alpha value is 0.880. The average Bonchev–Trinajstić information content (AvgIpc) is 1.85. The van der Waals surface area contributed by atoms with Crippen molar-refractivity contribution < 1.29 is 0 Å². The van der Waals surface area contributed by atoms with Gasteiger partial charge in [-0.2, -0.15) is 0 Å². The van der Waals surface area contributed by atoms with Gasteiger partial charge in [-0.25, -0.2) is 0 Å². The van der Waals surface area contributed by atoms with Gasteiger partial charge in [-0.1, -0.05) is 20.3 Å². The second kappa shape index (κ2) is 8.08. The van der Waals surface area contributed by atoms with E-state index < -0.39 is 0 Å². The van der Waals surface area contributed by atoms with Gasteiger partial charge < -0.3 is 11.5 Å². The van der Waals surface area contributed by atoms with Crippen LogP contribution in [0.2, 0.25) is 0 Å². The lowest BCUT2D eigenvalue weighted by Crippen LogP contribution is -2.47. The molecule has 0 radical (unpaired) electrons. The van der Waals surface area contributed by atoms with E-state index in [1.54, 1.807) is 0 Å². The molecule has 0 saturated heterocycles. The molecule has 4 N–H and O–H groups in total. The number of hydrogen-bond acceptors (Lipinski definition) is 2. The lowest BCUT2D eigenvalue weighted by Gasteiger charge is -2.38. The van der Waals surface area contributed by atoms with E-state index >= 15 is 0 Å². The monoisotopic (exact) mass is 332 g/mol.